The Labute approximate surface area is 119 Å². The van der Waals surface area contributed by atoms with Crippen molar-refractivity contribution in [2.45, 2.75) is 0 Å². The van der Waals surface area contributed by atoms with Crippen LogP contribution >= 0.6 is 0 Å². The molecule has 2 rings (SSSR count). The van der Waals surface area contributed by atoms with E-state index in [0.29, 0.717) is 12.1 Å². The van der Waals surface area contributed by atoms with Crippen LogP contribution in [0.5, 0.6) is 0 Å². The van der Waals surface area contributed by atoms with E-state index in [1.807, 2.05) is 0 Å². The van der Waals surface area contributed by atoms with E-state index in [1.54, 1.807) is 0 Å². The fourth-order valence-electron chi connectivity index (χ4n) is 0.851. The fraction of sp³-hybridized carbons (Fsp3) is 0. The van der Waals surface area contributed by atoms with Crippen molar-refractivity contribution in [3.8, 4) is 0 Å². The van der Waals surface area contributed by atoms with Gasteiger partial charge >= 0.3 is 21.7 Å². The smallest absolute Gasteiger partial charge is 0.281 e. The molecule has 0 unspecified atom stereocenters. The molecule has 7 heteroatoms. The van der Waals surface area contributed by atoms with Crippen molar-refractivity contribution >= 4 is 0 Å². The Hall–Kier alpha value is -1.27. The zero-order valence-electron chi connectivity index (χ0n) is 9.08. The van der Waals surface area contributed by atoms with Crippen molar-refractivity contribution < 1.29 is 48.1 Å². The van der Waals surface area contributed by atoms with Gasteiger partial charge in [-0.25, -0.2) is 17.6 Å². The zero-order valence-corrected chi connectivity index (χ0v) is 10.6. The van der Waals surface area contributed by atoms with Crippen LogP contribution in [0.3, 0.4) is 0 Å². The van der Waals surface area contributed by atoms with Gasteiger partial charge in [0.25, 0.3) is 0 Å². The summed E-state index contributed by atoms with van der Waals surface area (Å²) in [6, 6.07) is 6.09. The Kier molecular flexibility index (Phi) is 7.48. The van der Waals surface area contributed by atoms with Crippen LogP contribution < -0.4 is 0 Å². The van der Waals surface area contributed by atoms with E-state index >= 15 is 0 Å². The molecule has 0 aliphatic rings. The normalized spacial score (nSPS) is 9.16. The van der Waals surface area contributed by atoms with Gasteiger partial charge in [-0.2, -0.15) is 0 Å². The predicted molar refractivity (Wildman–Crippen MR) is 50.3 cm³/mol. The van der Waals surface area contributed by atoms with Gasteiger partial charge in [-0.15, -0.1) is 36.4 Å². The van der Waals surface area contributed by atoms with Crippen LogP contribution in [-0.4, -0.2) is 0 Å². The Morgan fingerprint density at radius 3 is 1.11 bits per heavy atom. The third kappa shape index (κ3) is 5.94. The summed E-state index contributed by atoms with van der Waals surface area (Å²) in [4.78, 5) is 0. The summed E-state index contributed by atoms with van der Waals surface area (Å²) < 4.78 is 71.4. The molecule has 0 heterocycles. The van der Waals surface area contributed by atoms with Crippen LogP contribution in [0.4, 0.5) is 26.3 Å². The Bertz CT molecular complexity index is 494. The molecule has 0 aliphatic carbocycles. The van der Waals surface area contributed by atoms with Crippen molar-refractivity contribution in [1.29, 1.82) is 0 Å². The van der Waals surface area contributed by atoms with Crippen LogP contribution in [0.15, 0.2) is 24.3 Å². The van der Waals surface area contributed by atoms with Gasteiger partial charge in [-0.1, -0.05) is 0 Å². The SMILES string of the molecule is Fc1[c-]c(F)c(F)cc1.Fc1[c-]c(F)c(F)cc1.[Ti+2]. The van der Waals surface area contributed by atoms with Gasteiger partial charge in [-0.05, 0) is 0 Å². The second kappa shape index (κ2) is 8.02. The van der Waals surface area contributed by atoms with Crippen LogP contribution in [0, 0.1) is 47.0 Å². The summed E-state index contributed by atoms with van der Waals surface area (Å²) in [7, 11) is 0. The molecule has 0 saturated heterocycles. The first-order valence-electron chi connectivity index (χ1n) is 4.46. The van der Waals surface area contributed by atoms with E-state index in [-0.39, 0.29) is 21.7 Å². The third-order valence-electron chi connectivity index (χ3n) is 1.63. The molecule has 0 radical (unpaired) electrons. The fourth-order valence-corrected chi connectivity index (χ4v) is 0.851. The van der Waals surface area contributed by atoms with Crippen LogP contribution in [0.1, 0.15) is 0 Å². The van der Waals surface area contributed by atoms with Gasteiger partial charge in [0, 0.05) is 34.9 Å². The van der Waals surface area contributed by atoms with Crippen LogP contribution in [0.25, 0.3) is 0 Å². The standard InChI is InChI=1S/2C6H2F3.Ti/c2*7-4-1-2-5(8)6(9)3-4;/h2*1-2H;/q2*-1;+2. The maximum absolute atomic E-state index is 11.9. The molecular weight excluding hydrogens is 306 g/mol. The van der Waals surface area contributed by atoms with Crippen LogP contribution in [-0.2, 0) is 21.7 Å². The average Bonchev–Trinajstić information content (AvgIpc) is 2.30. The van der Waals surface area contributed by atoms with Crippen molar-refractivity contribution in [3.63, 3.8) is 0 Å². The first-order chi connectivity index (χ1) is 8.40. The van der Waals surface area contributed by atoms with Gasteiger partial charge in [0.05, 0.1) is 0 Å². The van der Waals surface area contributed by atoms with Gasteiger partial charge in [0.15, 0.2) is 0 Å². The van der Waals surface area contributed by atoms with Crippen molar-refractivity contribution in [2.75, 3.05) is 0 Å². The maximum Gasteiger partial charge on any atom is 2.00 e. The van der Waals surface area contributed by atoms with Crippen LogP contribution in [0.2, 0.25) is 0 Å². The van der Waals surface area contributed by atoms with E-state index in [0.717, 1.165) is 12.1 Å². The molecule has 0 saturated carbocycles. The van der Waals surface area contributed by atoms with E-state index in [2.05, 4.69) is 0 Å². The molecule has 0 fully saturated rings. The molecule has 2 aromatic rings. The minimum atomic E-state index is -1.28. The molecule has 0 aromatic heterocycles. The summed E-state index contributed by atoms with van der Waals surface area (Å²) in [6.45, 7) is 0. The molecule has 0 N–H and O–H groups in total. The van der Waals surface area contributed by atoms with E-state index in [9.17, 15) is 26.3 Å². The predicted octanol–water partition coefficient (Wildman–Crippen LogP) is 3.81. The number of hydrogen-bond donors (Lipinski definition) is 0. The Morgan fingerprint density at radius 1 is 0.579 bits per heavy atom. The van der Waals surface area contributed by atoms with Crippen molar-refractivity contribution in [3.05, 3.63) is 71.3 Å². The second-order valence-electron chi connectivity index (χ2n) is 2.94. The molecule has 0 bridgehead atoms. The summed E-state index contributed by atoms with van der Waals surface area (Å²) >= 11 is 0. The number of benzene rings is 2. The molecule has 98 valence electrons. The van der Waals surface area contributed by atoms with Crippen molar-refractivity contribution in [2.24, 2.45) is 0 Å². The van der Waals surface area contributed by atoms with Gasteiger partial charge in [0.2, 0.25) is 0 Å². The molecular formula is C12H4F6Ti. The zero-order chi connectivity index (χ0) is 13.7. The molecule has 0 aliphatic heterocycles. The van der Waals surface area contributed by atoms with Gasteiger partial charge < -0.3 is 0 Å². The molecule has 0 nitrogen and oxygen atoms in total. The minimum Gasteiger partial charge on any atom is -0.281 e. The molecule has 0 amide bonds. The monoisotopic (exact) mass is 310 g/mol. The Balaban J connectivity index is 0.000000324. The van der Waals surface area contributed by atoms with E-state index < -0.39 is 34.9 Å². The topological polar surface area (TPSA) is 0 Å². The third-order valence-corrected chi connectivity index (χ3v) is 1.63. The summed E-state index contributed by atoms with van der Waals surface area (Å²) in [6.07, 6.45) is 0. The summed E-state index contributed by atoms with van der Waals surface area (Å²) in [5.74, 6) is -6.53. The van der Waals surface area contributed by atoms with E-state index in [4.69, 9.17) is 0 Å². The first kappa shape index (κ1) is 17.7. The van der Waals surface area contributed by atoms with Gasteiger partial charge in [0.1, 0.15) is 0 Å². The second-order valence-corrected chi connectivity index (χ2v) is 2.94. The molecule has 0 spiro atoms. The van der Waals surface area contributed by atoms with Crippen molar-refractivity contribution in [1.82, 2.24) is 0 Å². The first-order valence-corrected chi connectivity index (χ1v) is 4.46. The quantitative estimate of drug-likeness (QED) is 0.300. The average molecular weight is 310 g/mol. The molecule has 19 heavy (non-hydrogen) atoms. The number of hydrogen-bond acceptors (Lipinski definition) is 0. The molecule has 2 aromatic carbocycles. The van der Waals surface area contributed by atoms with Gasteiger partial charge in [-0.3, -0.25) is 8.78 Å². The summed E-state index contributed by atoms with van der Waals surface area (Å²) in [5.41, 5.74) is 0. The Morgan fingerprint density at radius 2 is 0.895 bits per heavy atom. The summed E-state index contributed by atoms with van der Waals surface area (Å²) in [5, 5.41) is 0. The minimum absolute atomic E-state index is 0. The largest absolute Gasteiger partial charge is 2.00 e. The molecule has 0 atom stereocenters. The number of rotatable bonds is 0. The maximum atomic E-state index is 11.9. The van der Waals surface area contributed by atoms with E-state index in [1.165, 1.54) is 12.1 Å². The number of halogens is 6.